The van der Waals surface area contributed by atoms with Crippen LogP contribution in [-0.4, -0.2) is 24.9 Å². The molecule has 0 radical (unpaired) electrons. The molecule has 1 aromatic rings. The van der Waals surface area contributed by atoms with Crippen molar-refractivity contribution in [1.82, 2.24) is 5.32 Å². The third kappa shape index (κ3) is 1.96. The van der Waals surface area contributed by atoms with Gasteiger partial charge in [0.1, 0.15) is 5.82 Å². The van der Waals surface area contributed by atoms with E-state index in [4.69, 9.17) is 0 Å². The number of hydrogen-bond acceptors (Lipinski definition) is 3. The zero-order valence-electron chi connectivity index (χ0n) is 7.87. The number of hydrogen-bond donors (Lipinski definition) is 1. The standard InChI is InChI=1S/C10H9FN2O2/c11-7-3-1-2-4-8(7)13-5-9(14)12-10(15)6-13/h1-4H,5-6H2,(H,12,14,15). The lowest BCUT2D eigenvalue weighted by molar-refractivity contribution is -0.130. The minimum Gasteiger partial charge on any atom is -0.351 e. The topological polar surface area (TPSA) is 49.4 Å². The van der Waals surface area contributed by atoms with Gasteiger partial charge in [-0.25, -0.2) is 4.39 Å². The quantitative estimate of drug-likeness (QED) is 0.675. The van der Waals surface area contributed by atoms with Crippen molar-refractivity contribution >= 4 is 17.5 Å². The van der Waals surface area contributed by atoms with E-state index in [1.54, 1.807) is 18.2 Å². The molecule has 1 fully saturated rings. The molecule has 1 N–H and O–H groups in total. The highest BCUT2D eigenvalue weighted by Crippen LogP contribution is 2.18. The normalized spacial score (nSPS) is 16.5. The summed E-state index contributed by atoms with van der Waals surface area (Å²) < 4.78 is 13.3. The van der Waals surface area contributed by atoms with Crippen LogP contribution in [0.1, 0.15) is 0 Å². The fourth-order valence-corrected chi connectivity index (χ4v) is 1.52. The first-order valence-corrected chi connectivity index (χ1v) is 4.49. The Morgan fingerprint density at radius 1 is 1.13 bits per heavy atom. The van der Waals surface area contributed by atoms with Crippen LogP contribution in [0.4, 0.5) is 10.1 Å². The molecule has 1 heterocycles. The first-order chi connectivity index (χ1) is 7.16. The number of amides is 2. The van der Waals surface area contributed by atoms with Gasteiger partial charge in [0.25, 0.3) is 0 Å². The summed E-state index contributed by atoms with van der Waals surface area (Å²) in [5.74, 6) is -1.25. The van der Waals surface area contributed by atoms with E-state index in [0.717, 1.165) is 0 Å². The van der Waals surface area contributed by atoms with Crippen molar-refractivity contribution in [2.75, 3.05) is 18.0 Å². The molecule has 0 unspecified atom stereocenters. The van der Waals surface area contributed by atoms with Crippen LogP contribution in [0.3, 0.4) is 0 Å². The number of piperazine rings is 1. The van der Waals surface area contributed by atoms with Gasteiger partial charge in [0.15, 0.2) is 0 Å². The lowest BCUT2D eigenvalue weighted by Crippen LogP contribution is -2.51. The summed E-state index contributed by atoms with van der Waals surface area (Å²) >= 11 is 0. The molecule has 0 aromatic heterocycles. The molecule has 4 nitrogen and oxygen atoms in total. The molecule has 0 aliphatic carbocycles. The molecule has 0 spiro atoms. The number of rotatable bonds is 1. The fraction of sp³-hybridized carbons (Fsp3) is 0.200. The first kappa shape index (κ1) is 9.64. The minimum atomic E-state index is -0.431. The zero-order chi connectivity index (χ0) is 10.8. The maximum Gasteiger partial charge on any atom is 0.246 e. The van der Waals surface area contributed by atoms with E-state index in [2.05, 4.69) is 5.32 Å². The molecule has 1 aromatic carbocycles. The highest BCUT2D eigenvalue weighted by molar-refractivity contribution is 6.02. The van der Waals surface area contributed by atoms with E-state index in [9.17, 15) is 14.0 Å². The monoisotopic (exact) mass is 208 g/mol. The maximum atomic E-state index is 13.3. The van der Waals surface area contributed by atoms with Crippen LogP contribution in [0.2, 0.25) is 0 Å². The van der Waals surface area contributed by atoms with Crippen LogP contribution in [0, 0.1) is 5.82 Å². The molecule has 1 aliphatic rings. The third-order valence-corrected chi connectivity index (χ3v) is 2.14. The van der Waals surface area contributed by atoms with Gasteiger partial charge in [-0.2, -0.15) is 0 Å². The molecule has 5 heteroatoms. The SMILES string of the molecule is O=C1CN(c2ccccc2F)CC(=O)N1. The number of imide groups is 1. The molecular weight excluding hydrogens is 199 g/mol. The fourth-order valence-electron chi connectivity index (χ4n) is 1.52. The number of nitrogens with zero attached hydrogens (tertiary/aromatic N) is 1. The largest absolute Gasteiger partial charge is 0.351 e. The average Bonchev–Trinajstić information content (AvgIpc) is 2.16. The van der Waals surface area contributed by atoms with E-state index in [-0.39, 0.29) is 18.8 Å². The summed E-state index contributed by atoms with van der Waals surface area (Å²) in [5, 5.41) is 2.16. The van der Waals surface area contributed by atoms with Gasteiger partial charge in [0.05, 0.1) is 18.8 Å². The van der Waals surface area contributed by atoms with E-state index < -0.39 is 17.6 Å². The lowest BCUT2D eigenvalue weighted by atomic mass is 10.2. The number of carbonyl (C=O) groups excluding carboxylic acids is 2. The Labute approximate surface area is 85.7 Å². The molecule has 15 heavy (non-hydrogen) atoms. The molecule has 2 amide bonds. The number of carbonyl (C=O) groups is 2. The Balaban J connectivity index is 2.27. The number of para-hydroxylation sites is 1. The van der Waals surface area contributed by atoms with Gasteiger partial charge in [-0.15, -0.1) is 0 Å². The van der Waals surface area contributed by atoms with Gasteiger partial charge < -0.3 is 4.90 Å². The van der Waals surface area contributed by atoms with E-state index in [1.165, 1.54) is 11.0 Å². The summed E-state index contributed by atoms with van der Waals surface area (Å²) in [6.45, 7) is 0.0132. The number of benzene rings is 1. The van der Waals surface area contributed by atoms with Crippen LogP contribution in [0.5, 0.6) is 0 Å². The first-order valence-electron chi connectivity index (χ1n) is 4.49. The van der Waals surface area contributed by atoms with Crippen molar-refractivity contribution in [2.24, 2.45) is 0 Å². The van der Waals surface area contributed by atoms with Crippen LogP contribution in [0.15, 0.2) is 24.3 Å². The van der Waals surface area contributed by atoms with Crippen LogP contribution < -0.4 is 10.2 Å². The Kier molecular flexibility index (Phi) is 2.37. The average molecular weight is 208 g/mol. The number of nitrogens with one attached hydrogen (secondary N) is 1. The minimum absolute atomic E-state index is 0.00662. The zero-order valence-corrected chi connectivity index (χ0v) is 7.87. The van der Waals surface area contributed by atoms with E-state index in [1.807, 2.05) is 0 Å². The summed E-state index contributed by atoms with van der Waals surface area (Å²) in [6.07, 6.45) is 0. The van der Waals surface area contributed by atoms with Gasteiger partial charge in [-0.1, -0.05) is 12.1 Å². The summed E-state index contributed by atoms with van der Waals surface area (Å²) in [4.78, 5) is 23.6. The van der Waals surface area contributed by atoms with Gasteiger partial charge in [-0.05, 0) is 12.1 Å². The summed E-state index contributed by atoms with van der Waals surface area (Å²) in [7, 11) is 0. The van der Waals surface area contributed by atoms with Crippen LogP contribution in [0.25, 0.3) is 0 Å². The van der Waals surface area contributed by atoms with Gasteiger partial charge >= 0.3 is 0 Å². The van der Waals surface area contributed by atoms with E-state index in [0.29, 0.717) is 0 Å². The molecule has 2 rings (SSSR count). The van der Waals surface area contributed by atoms with Gasteiger partial charge in [-0.3, -0.25) is 14.9 Å². The Bertz CT molecular complexity index is 404. The Morgan fingerprint density at radius 2 is 1.73 bits per heavy atom. The Morgan fingerprint density at radius 3 is 2.33 bits per heavy atom. The molecule has 0 bridgehead atoms. The van der Waals surface area contributed by atoms with Crippen LogP contribution >= 0.6 is 0 Å². The second-order valence-electron chi connectivity index (χ2n) is 3.28. The molecule has 0 atom stereocenters. The van der Waals surface area contributed by atoms with Crippen molar-refractivity contribution in [1.29, 1.82) is 0 Å². The maximum absolute atomic E-state index is 13.3. The molecular formula is C10H9FN2O2. The van der Waals surface area contributed by atoms with Gasteiger partial charge in [0, 0.05) is 0 Å². The highest BCUT2D eigenvalue weighted by atomic mass is 19.1. The van der Waals surface area contributed by atoms with Crippen molar-refractivity contribution in [3.05, 3.63) is 30.1 Å². The predicted molar refractivity (Wildman–Crippen MR) is 51.8 cm³/mol. The van der Waals surface area contributed by atoms with Crippen molar-refractivity contribution in [3.63, 3.8) is 0 Å². The van der Waals surface area contributed by atoms with Crippen molar-refractivity contribution in [3.8, 4) is 0 Å². The highest BCUT2D eigenvalue weighted by Gasteiger charge is 2.23. The smallest absolute Gasteiger partial charge is 0.246 e. The van der Waals surface area contributed by atoms with Gasteiger partial charge in [0.2, 0.25) is 11.8 Å². The number of anilines is 1. The van der Waals surface area contributed by atoms with Crippen molar-refractivity contribution in [2.45, 2.75) is 0 Å². The van der Waals surface area contributed by atoms with E-state index >= 15 is 0 Å². The molecule has 1 aliphatic heterocycles. The summed E-state index contributed by atoms with van der Waals surface area (Å²) in [5.41, 5.74) is 0.278. The summed E-state index contributed by atoms with van der Waals surface area (Å²) in [6, 6.07) is 6.06. The Hall–Kier alpha value is -1.91. The molecule has 1 saturated heterocycles. The van der Waals surface area contributed by atoms with Crippen molar-refractivity contribution < 1.29 is 14.0 Å². The molecule has 78 valence electrons. The second-order valence-corrected chi connectivity index (χ2v) is 3.28. The third-order valence-electron chi connectivity index (χ3n) is 2.14. The number of halogens is 1. The lowest BCUT2D eigenvalue weighted by Gasteiger charge is -2.27. The predicted octanol–water partition coefficient (Wildman–Crippen LogP) is 0.288. The molecule has 0 saturated carbocycles. The van der Waals surface area contributed by atoms with Crippen LogP contribution in [-0.2, 0) is 9.59 Å². The second kappa shape index (κ2) is 3.68.